The quantitative estimate of drug-likeness (QED) is 0.561. The Morgan fingerprint density at radius 3 is 2.45 bits per heavy atom. The Morgan fingerprint density at radius 1 is 1.18 bits per heavy atom. The molecule has 0 radical (unpaired) electrons. The molecule has 22 heavy (non-hydrogen) atoms. The molecule has 0 atom stereocenters. The molecule has 0 spiro atoms. The van der Waals surface area contributed by atoms with Crippen LogP contribution in [0.15, 0.2) is 59.2 Å². The van der Waals surface area contributed by atoms with E-state index in [0.717, 1.165) is 0 Å². The number of hydrogen-bond acceptors (Lipinski definition) is 2. The molecule has 0 aromatic heterocycles. The summed E-state index contributed by atoms with van der Waals surface area (Å²) in [5.74, 6) is 0.0425. The summed E-state index contributed by atoms with van der Waals surface area (Å²) in [5.41, 5.74) is 2.54. The second-order valence-electron chi connectivity index (χ2n) is 5.24. The van der Waals surface area contributed by atoms with Gasteiger partial charge in [-0.2, -0.15) is 0 Å². The number of hydrogen-bond donors (Lipinski definition) is 1. The van der Waals surface area contributed by atoms with Gasteiger partial charge in [-0.1, -0.05) is 38.1 Å². The Labute approximate surface area is 138 Å². The lowest BCUT2D eigenvalue weighted by molar-refractivity contribution is 0.104. The van der Waals surface area contributed by atoms with Gasteiger partial charge in [0.25, 0.3) is 0 Å². The van der Waals surface area contributed by atoms with E-state index in [4.69, 9.17) is 0 Å². The Morgan fingerprint density at radius 2 is 1.86 bits per heavy atom. The highest BCUT2D eigenvalue weighted by molar-refractivity contribution is 9.10. The molecule has 2 aromatic rings. The Balaban J connectivity index is 2.02. The van der Waals surface area contributed by atoms with Crippen LogP contribution in [0.2, 0.25) is 0 Å². The summed E-state index contributed by atoms with van der Waals surface area (Å²) in [6, 6.07) is 11.9. The van der Waals surface area contributed by atoms with Crippen molar-refractivity contribution in [3.05, 3.63) is 76.2 Å². The fourth-order valence-corrected chi connectivity index (χ4v) is 2.41. The van der Waals surface area contributed by atoms with Crippen molar-refractivity contribution in [2.75, 3.05) is 5.32 Å². The molecule has 2 nitrogen and oxygen atoms in total. The molecule has 0 saturated carbocycles. The van der Waals surface area contributed by atoms with Crippen molar-refractivity contribution in [1.82, 2.24) is 0 Å². The van der Waals surface area contributed by atoms with Crippen LogP contribution < -0.4 is 5.32 Å². The van der Waals surface area contributed by atoms with Crippen LogP contribution >= 0.6 is 15.9 Å². The molecule has 114 valence electrons. The third kappa shape index (κ3) is 4.28. The molecule has 0 aliphatic carbocycles. The summed E-state index contributed by atoms with van der Waals surface area (Å²) in [7, 11) is 0. The summed E-state index contributed by atoms with van der Waals surface area (Å²) in [6.07, 6.45) is 3.01. The maximum Gasteiger partial charge on any atom is 0.187 e. The van der Waals surface area contributed by atoms with Crippen molar-refractivity contribution >= 4 is 27.4 Å². The van der Waals surface area contributed by atoms with E-state index < -0.39 is 0 Å². The first-order chi connectivity index (χ1) is 10.5. The SMILES string of the molecule is CC(C)c1ccc(C(=O)C=CNc2ccc(F)cc2Br)cc1. The first kappa shape index (κ1) is 16.4. The smallest absolute Gasteiger partial charge is 0.187 e. The van der Waals surface area contributed by atoms with Gasteiger partial charge < -0.3 is 5.32 Å². The summed E-state index contributed by atoms with van der Waals surface area (Å²) in [6.45, 7) is 4.22. The van der Waals surface area contributed by atoms with E-state index >= 15 is 0 Å². The van der Waals surface area contributed by atoms with Gasteiger partial charge in [0.1, 0.15) is 5.82 Å². The number of benzene rings is 2. The van der Waals surface area contributed by atoms with Crippen molar-refractivity contribution in [3.8, 4) is 0 Å². The first-order valence-corrected chi connectivity index (χ1v) is 7.79. The van der Waals surface area contributed by atoms with E-state index in [1.165, 1.54) is 23.8 Å². The molecule has 1 N–H and O–H groups in total. The normalized spacial score (nSPS) is 11.1. The number of halogens is 2. The second-order valence-corrected chi connectivity index (χ2v) is 6.10. The highest BCUT2D eigenvalue weighted by Gasteiger charge is 2.04. The fraction of sp³-hybridized carbons (Fsp3) is 0.167. The van der Waals surface area contributed by atoms with Gasteiger partial charge in [-0.3, -0.25) is 4.79 Å². The molecule has 0 heterocycles. The van der Waals surface area contributed by atoms with Crippen molar-refractivity contribution in [3.63, 3.8) is 0 Å². The van der Waals surface area contributed by atoms with Crippen LogP contribution in [-0.4, -0.2) is 5.78 Å². The molecular formula is C18H17BrFNO. The Kier molecular flexibility index (Phi) is 5.50. The van der Waals surface area contributed by atoms with Crippen LogP contribution in [0.1, 0.15) is 35.7 Å². The summed E-state index contributed by atoms with van der Waals surface area (Å²) in [4.78, 5) is 12.1. The molecule has 0 fully saturated rings. The summed E-state index contributed by atoms with van der Waals surface area (Å²) in [5, 5.41) is 2.96. The van der Waals surface area contributed by atoms with Crippen LogP contribution in [0.4, 0.5) is 10.1 Å². The van der Waals surface area contributed by atoms with Crippen LogP contribution in [0.5, 0.6) is 0 Å². The topological polar surface area (TPSA) is 29.1 Å². The minimum Gasteiger partial charge on any atom is -0.361 e. The van der Waals surface area contributed by atoms with Gasteiger partial charge in [0.15, 0.2) is 5.78 Å². The van der Waals surface area contributed by atoms with Gasteiger partial charge in [-0.25, -0.2) is 4.39 Å². The van der Waals surface area contributed by atoms with Gasteiger partial charge in [-0.05, 0) is 45.6 Å². The lowest BCUT2D eigenvalue weighted by Crippen LogP contribution is -1.97. The average Bonchev–Trinajstić information content (AvgIpc) is 2.49. The van der Waals surface area contributed by atoms with Gasteiger partial charge in [0.05, 0.1) is 5.69 Å². The predicted molar refractivity (Wildman–Crippen MR) is 91.7 cm³/mol. The van der Waals surface area contributed by atoms with Gasteiger partial charge in [-0.15, -0.1) is 0 Å². The minimum absolute atomic E-state index is 0.0824. The van der Waals surface area contributed by atoms with Gasteiger partial charge >= 0.3 is 0 Å². The monoisotopic (exact) mass is 361 g/mol. The number of allylic oxidation sites excluding steroid dienone is 1. The second kappa shape index (κ2) is 7.36. The molecule has 0 amide bonds. The van der Waals surface area contributed by atoms with E-state index in [0.29, 0.717) is 21.6 Å². The molecule has 0 bridgehead atoms. The lowest BCUT2D eigenvalue weighted by atomic mass is 10.0. The maximum absolute atomic E-state index is 13.0. The van der Waals surface area contributed by atoms with Crippen molar-refractivity contribution in [2.24, 2.45) is 0 Å². The molecule has 4 heteroatoms. The highest BCUT2D eigenvalue weighted by Crippen LogP contribution is 2.23. The first-order valence-electron chi connectivity index (χ1n) is 7.00. The van der Waals surface area contributed by atoms with Crippen molar-refractivity contribution in [2.45, 2.75) is 19.8 Å². The molecule has 0 aliphatic heterocycles. The van der Waals surface area contributed by atoms with Gasteiger partial charge in [0, 0.05) is 22.3 Å². The van der Waals surface area contributed by atoms with E-state index in [9.17, 15) is 9.18 Å². The Bertz CT molecular complexity index is 693. The third-order valence-corrected chi connectivity index (χ3v) is 3.92. The van der Waals surface area contributed by atoms with E-state index in [-0.39, 0.29) is 11.6 Å². The zero-order valence-electron chi connectivity index (χ0n) is 12.4. The number of carbonyl (C=O) groups is 1. The summed E-state index contributed by atoms with van der Waals surface area (Å²) < 4.78 is 13.6. The van der Waals surface area contributed by atoms with Crippen LogP contribution in [0.25, 0.3) is 0 Å². The predicted octanol–water partition coefficient (Wildman–Crippen LogP) is 5.52. The van der Waals surface area contributed by atoms with Crippen LogP contribution in [0, 0.1) is 5.82 Å². The zero-order valence-corrected chi connectivity index (χ0v) is 14.0. The largest absolute Gasteiger partial charge is 0.361 e. The number of anilines is 1. The van der Waals surface area contributed by atoms with E-state index in [1.807, 2.05) is 24.3 Å². The minimum atomic E-state index is -0.317. The molecule has 2 rings (SSSR count). The average molecular weight is 362 g/mol. The highest BCUT2D eigenvalue weighted by atomic mass is 79.9. The molecule has 0 aliphatic rings. The Hall–Kier alpha value is -1.94. The number of rotatable bonds is 5. The van der Waals surface area contributed by atoms with E-state index in [2.05, 4.69) is 35.1 Å². The molecule has 0 saturated heterocycles. The lowest BCUT2D eigenvalue weighted by Gasteiger charge is -2.05. The number of carbonyl (C=O) groups excluding carboxylic acids is 1. The van der Waals surface area contributed by atoms with Crippen LogP contribution in [0.3, 0.4) is 0 Å². The van der Waals surface area contributed by atoms with E-state index in [1.54, 1.807) is 12.3 Å². The zero-order chi connectivity index (χ0) is 16.1. The standard InChI is InChI=1S/C18H17BrFNO/c1-12(2)13-3-5-14(6-4-13)18(22)9-10-21-17-8-7-15(20)11-16(17)19/h3-12,21H,1-2H3. The maximum atomic E-state index is 13.0. The summed E-state index contributed by atoms with van der Waals surface area (Å²) >= 11 is 3.26. The molecule has 0 unspecified atom stereocenters. The third-order valence-electron chi connectivity index (χ3n) is 3.27. The van der Waals surface area contributed by atoms with Gasteiger partial charge in [0.2, 0.25) is 0 Å². The molecular weight excluding hydrogens is 345 g/mol. The van der Waals surface area contributed by atoms with Crippen molar-refractivity contribution < 1.29 is 9.18 Å². The molecule has 2 aromatic carbocycles. The van der Waals surface area contributed by atoms with Crippen molar-refractivity contribution in [1.29, 1.82) is 0 Å². The van der Waals surface area contributed by atoms with Crippen LogP contribution in [-0.2, 0) is 0 Å². The number of nitrogens with one attached hydrogen (secondary N) is 1. The fourth-order valence-electron chi connectivity index (χ4n) is 1.94. The number of ketones is 1.